The van der Waals surface area contributed by atoms with E-state index in [4.69, 9.17) is 25.8 Å². The molecule has 1 aromatic carbocycles. The molecule has 3 heterocycles. The monoisotopic (exact) mass is 536 g/mol. The highest BCUT2D eigenvalue weighted by molar-refractivity contribution is 6.30. The van der Waals surface area contributed by atoms with Crippen LogP contribution in [0.15, 0.2) is 65.7 Å². The van der Waals surface area contributed by atoms with E-state index >= 15 is 0 Å². The fourth-order valence-electron chi connectivity index (χ4n) is 3.78. The van der Waals surface area contributed by atoms with Crippen molar-refractivity contribution in [3.8, 4) is 5.75 Å². The van der Waals surface area contributed by atoms with Crippen LogP contribution in [-0.4, -0.2) is 54.0 Å². The predicted octanol–water partition coefficient (Wildman–Crippen LogP) is 3.77. The number of hydrogen-bond acceptors (Lipinski definition) is 7. The highest BCUT2D eigenvalue weighted by atomic mass is 35.5. The van der Waals surface area contributed by atoms with Gasteiger partial charge in [0.05, 0.1) is 67.0 Å². The zero-order valence-corrected chi connectivity index (χ0v) is 22.0. The van der Waals surface area contributed by atoms with Crippen molar-refractivity contribution in [2.75, 3.05) is 33.5 Å². The number of aryl methyl sites for hydroxylation is 1. The number of hydrogen-bond donors (Lipinski definition) is 1. The molecule has 1 N–H and O–H groups in total. The maximum Gasteiger partial charge on any atom is 0.260 e. The van der Waals surface area contributed by atoms with E-state index < -0.39 is 0 Å². The number of benzene rings is 1. The Labute approximate surface area is 225 Å². The molecule has 9 nitrogen and oxygen atoms in total. The van der Waals surface area contributed by atoms with Gasteiger partial charge in [0.1, 0.15) is 12.4 Å². The van der Waals surface area contributed by atoms with Crippen LogP contribution in [0.4, 0.5) is 0 Å². The molecule has 0 radical (unpaired) electrons. The molecule has 38 heavy (non-hydrogen) atoms. The lowest BCUT2D eigenvalue weighted by atomic mass is 10.1. The Kier molecular flexibility index (Phi) is 9.42. The van der Waals surface area contributed by atoms with Crippen LogP contribution >= 0.6 is 11.6 Å². The lowest BCUT2D eigenvalue weighted by Crippen LogP contribution is -2.26. The summed E-state index contributed by atoms with van der Waals surface area (Å²) in [5.41, 5.74) is 2.80. The summed E-state index contributed by atoms with van der Waals surface area (Å²) < 4.78 is 17.5. The van der Waals surface area contributed by atoms with Gasteiger partial charge >= 0.3 is 0 Å². The Balaban J connectivity index is 1.39. The van der Waals surface area contributed by atoms with Crippen molar-refractivity contribution in [3.63, 3.8) is 0 Å². The number of methoxy groups -OCH3 is 1. The molecule has 0 fully saturated rings. The van der Waals surface area contributed by atoms with Crippen LogP contribution in [0, 0.1) is 6.92 Å². The Bertz CT molecular complexity index is 1440. The van der Waals surface area contributed by atoms with Gasteiger partial charge in [0.15, 0.2) is 0 Å². The van der Waals surface area contributed by atoms with Gasteiger partial charge in [-0.1, -0.05) is 23.7 Å². The molecule has 0 spiro atoms. The number of amides is 1. The normalized spacial score (nSPS) is 11.0. The second-order valence-corrected chi connectivity index (χ2v) is 8.99. The van der Waals surface area contributed by atoms with Gasteiger partial charge in [-0.3, -0.25) is 19.6 Å². The van der Waals surface area contributed by atoms with Gasteiger partial charge in [0.2, 0.25) is 0 Å². The van der Waals surface area contributed by atoms with E-state index in [1.54, 1.807) is 67.4 Å². The third kappa shape index (κ3) is 7.16. The number of fused-ring (bicyclic) bond motifs is 1. The van der Waals surface area contributed by atoms with E-state index in [0.717, 1.165) is 5.56 Å². The van der Waals surface area contributed by atoms with Gasteiger partial charge in [0, 0.05) is 18.3 Å². The summed E-state index contributed by atoms with van der Waals surface area (Å²) in [7, 11) is 1.62. The molecule has 1 amide bonds. The van der Waals surface area contributed by atoms with Gasteiger partial charge < -0.3 is 24.1 Å². The summed E-state index contributed by atoms with van der Waals surface area (Å²) in [5.74, 6) is 0.277. The maximum absolute atomic E-state index is 13.2. The van der Waals surface area contributed by atoms with Crippen molar-refractivity contribution in [1.29, 1.82) is 0 Å². The molecule has 0 saturated heterocycles. The number of nitrogens with zero attached hydrogens (tertiary/aromatic N) is 3. The van der Waals surface area contributed by atoms with E-state index in [9.17, 15) is 9.59 Å². The smallest absolute Gasteiger partial charge is 0.260 e. The van der Waals surface area contributed by atoms with Crippen molar-refractivity contribution in [2.24, 2.45) is 0 Å². The van der Waals surface area contributed by atoms with E-state index in [1.165, 1.54) is 0 Å². The standard InChI is InChI=1S/C28H29ClN4O5/c1-19-24(27(34)31-16-22-7-8-23(17-30-22)38-14-13-37-12-11-36-2)15-25-26(32-19)9-10-33(28(25)35)18-20-3-5-21(29)6-4-20/h3-10,15,17H,11-14,16,18H2,1-2H3,(H,31,34). The van der Waals surface area contributed by atoms with Crippen molar-refractivity contribution in [1.82, 2.24) is 19.9 Å². The molecule has 0 aliphatic carbocycles. The minimum atomic E-state index is -0.334. The van der Waals surface area contributed by atoms with Gasteiger partial charge in [-0.15, -0.1) is 0 Å². The minimum absolute atomic E-state index is 0.215. The fourth-order valence-corrected chi connectivity index (χ4v) is 3.90. The molecule has 0 atom stereocenters. The van der Waals surface area contributed by atoms with Gasteiger partial charge in [0.25, 0.3) is 11.5 Å². The Hall–Kier alpha value is -3.79. The number of rotatable bonds is 12. The third-order valence-electron chi connectivity index (χ3n) is 5.81. The van der Waals surface area contributed by atoms with Crippen LogP contribution in [-0.2, 0) is 22.6 Å². The second kappa shape index (κ2) is 13.1. The van der Waals surface area contributed by atoms with Crippen LogP contribution in [0.2, 0.25) is 5.02 Å². The van der Waals surface area contributed by atoms with Crippen LogP contribution < -0.4 is 15.6 Å². The number of carbonyl (C=O) groups excluding carboxylic acids is 1. The number of halogens is 1. The first-order valence-electron chi connectivity index (χ1n) is 12.1. The number of ether oxygens (including phenoxy) is 3. The van der Waals surface area contributed by atoms with Crippen LogP contribution in [0.1, 0.15) is 27.3 Å². The van der Waals surface area contributed by atoms with E-state index in [0.29, 0.717) is 71.6 Å². The van der Waals surface area contributed by atoms with E-state index in [-0.39, 0.29) is 18.0 Å². The molecule has 0 saturated carbocycles. The summed E-state index contributed by atoms with van der Waals surface area (Å²) in [4.78, 5) is 35.0. The van der Waals surface area contributed by atoms with Crippen molar-refractivity contribution >= 4 is 28.4 Å². The topological polar surface area (TPSA) is 105 Å². The summed E-state index contributed by atoms with van der Waals surface area (Å²) in [6, 6.07) is 14.3. The number of nitrogens with one attached hydrogen (secondary N) is 1. The quantitative estimate of drug-likeness (QED) is 0.275. The highest BCUT2D eigenvalue weighted by Crippen LogP contribution is 2.16. The van der Waals surface area contributed by atoms with Gasteiger partial charge in [-0.2, -0.15) is 0 Å². The lowest BCUT2D eigenvalue weighted by molar-refractivity contribution is 0.0543. The van der Waals surface area contributed by atoms with Crippen molar-refractivity contribution in [3.05, 3.63) is 98.8 Å². The van der Waals surface area contributed by atoms with Gasteiger partial charge in [-0.05, 0) is 48.9 Å². The Morgan fingerprint density at radius 2 is 1.84 bits per heavy atom. The number of carbonyl (C=O) groups is 1. The van der Waals surface area contributed by atoms with Crippen LogP contribution in [0.25, 0.3) is 10.9 Å². The maximum atomic E-state index is 13.2. The molecule has 198 valence electrons. The van der Waals surface area contributed by atoms with Gasteiger partial charge in [-0.25, -0.2) is 0 Å². The fraction of sp³-hybridized carbons (Fsp3) is 0.286. The first-order valence-corrected chi connectivity index (χ1v) is 12.5. The molecule has 0 unspecified atom stereocenters. The Morgan fingerprint density at radius 3 is 2.58 bits per heavy atom. The minimum Gasteiger partial charge on any atom is -0.490 e. The zero-order chi connectivity index (χ0) is 26.9. The largest absolute Gasteiger partial charge is 0.490 e. The lowest BCUT2D eigenvalue weighted by Gasteiger charge is -2.11. The predicted molar refractivity (Wildman–Crippen MR) is 145 cm³/mol. The Morgan fingerprint density at radius 1 is 1.05 bits per heavy atom. The third-order valence-corrected chi connectivity index (χ3v) is 6.06. The molecular weight excluding hydrogens is 508 g/mol. The van der Waals surface area contributed by atoms with Crippen LogP contribution in [0.3, 0.4) is 0 Å². The number of aromatic nitrogens is 3. The zero-order valence-electron chi connectivity index (χ0n) is 21.3. The van der Waals surface area contributed by atoms with E-state index in [1.807, 2.05) is 12.1 Å². The van der Waals surface area contributed by atoms with Crippen molar-refractivity contribution in [2.45, 2.75) is 20.0 Å². The molecule has 3 aromatic heterocycles. The van der Waals surface area contributed by atoms with Crippen LogP contribution in [0.5, 0.6) is 5.75 Å². The number of pyridine rings is 3. The summed E-state index contributed by atoms with van der Waals surface area (Å²) in [5, 5.41) is 3.87. The molecule has 4 aromatic rings. The summed E-state index contributed by atoms with van der Waals surface area (Å²) in [6.07, 6.45) is 3.31. The SMILES string of the molecule is COCCOCCOc1ccc(CNC(=O)c2cc3c(=O)n(Cc4ccc(Cl)cc4)ccc3nc2C)nc1. The first-order chi connectivity index (χ1) is 18.4. The summed E-state index contributed by atoms with van der Waals surface area (Å²) >= 11 is 5.96. The molecular formula is C28H29ClN4O5. The second-order valence-electron chi connectivity index (χ2n) is 8.55. The highest BCUT2D eigenvalue weighted by Gasteiger charge is 2.14. The molecule has 0 aliphatic heterocycles. The average Bonchev–Trinajstić information content (AvgIpc) is 2.92. The summed E-state index contributed by atoms with van der Waals surface area (Å²) in [6.45, 7) is 4.25. The molecule has 4 rings (SSSR count). The molecule has 10 heteroatoms. The van der Waals surface area contributed by atoms with Crippen molar-refractivity contribution < 1.29 is 19.0 Å². The molecule has 0 bridgehead atoms. The first kappa shape index (κ1) is 27.3. The average molecular weight is 537 g/mol. The van der Waals surface area contributed by atoms with E-state index in [2.05, 4.69) is 15.3 Å². The molecule has 0 aliphatic rings.